The number of likely N-dealkylation sites (N-methyl/N-ethyl adjacent to an activating group) is 1. The van der Waals surface area contributed by atoms with Gasteiger partial charge in [0.1, 0.15) is 5.69 Å². The maximum atomic E-state index is 12.5. The molecule has 5 nitrogen and oxygen atoms in total. The molecule has 0 spiro atoms. The van der Waals surface area contributed by atoms with E-state index in [0.717, 1.165) is 4.88 Å². The SMILES string of the molecule is Cc1sc(-c2ccco2)nc1C(=O)N(C)C(C)(C)CO. The van der Waals surface area contributed by atoms with Gasteiger partial charge in [-0.05, 0) is 32.9 Å². The van der Waals surface area contributed by atoms with Gasteiger partial charge in [0.25, 0.3) is 5.91 Å². The maximum absolute atomic E-state index is 12.5. The lowest BCUT2D eigenvalue weighted by molar-refractivity contribution is 0.0468. The highest BCUT2D eigenvalue weighted by molar-refractivity contribution is 7.15. The van der Waals surface area contributed by atoms with Gasteiger partial charge in [0.15, 0.2) is 10.8 Å². The molecule has 6 heteroatoms. The molecule has 1 amide bonds. The zero-order chi connectivity index (χ0) is 14.9. The number of nitrogens with zero attached hydrogens (tertiary/aromatic N) is 2. The Hall–Kier alpha value is -1.66. The van der Waals surface area contributed by atoms with Gasteiger partial charge in [-0.1, -0.05) is 0 Å². The molecule has 20 heavy (non-hydrogen) atoms. The summed E-state index contributed by atoms with van der Waals surface area (Å²) in [4.78, 5) is 19.2. The van der Waals surface area contributed by atoms with Gasteiger partial charge in [-0.25, -0.2) is 4.98 Å². The van der Waals surface area contributed by atoms with Crippen LogP contribution in [0.15, 0.2) is 22.8 Å². The molecule has 0 aliphatic rings. The van der Waals surface area contributed by atoms with Crippen molar-refractivity contribution in [1.82, 2.24) is 9.88 Å². The van der Waals surface area contributed by atoms with Crippen LogP contribution < -0.4 is 0 Å². The second kappa shape index (κ2) is 5.38. The highest BCUT2D eigenvalue weighted by atomic mass is 32.1. The van der Waals surface area contributed by atoms with E-state index in [1.165, 1.54) is 16.2 Å². The number of amides is 1. The number of aliphatic hydroxyl groups is 1. The monoisotopic (exact) mass is 294 g/mol. The molecule has 2 aromatic rings. The highest BCUT2D eigenvalue weighted by Crippen LogP contribution is 2.29. The Bertz CT molecular complexity index is 602. The number of furan rings is 1. The molecule has 108 valence electrons. The number of thiazole rings is 1. The van der Waals surface area contributed by atoms with Crippen LogP contribution in [0.25, 0.3) is 10.8 Å². The van der Waals surface area contributed by atoms with E-state index in [1.807, 2.05) is 13.0 Å². The molecule has 0 atom stereocenters. The quantitative estimate of drug-likeness (QED) is 0.941. The Kier molecular flexibility index (Phi) is 3.96. The van der Waals surface area contributed by atoms with Crippen molar-refractivity contribution < 1.29 is 14.3 Å². The molecular formula is C14H18N2O3S. The maximum Gasteiger partial charge on any atom is 0.273 e. The van der Waals surface area contributed by atoms with Gasteiger partial charge in [0.2, 0.25) is 0 Å². The lowest BCUT2D eigenvalue weighted by Crippen LogP contribution is -2.47. The fourth-order valence-corrected chi connectivity index (χ4v) is 2.51. The van der Waals surface area contributed by atoms with E-state index in [4.69, 9.17) is 4.42 Å². The molecule has 2 rings (SSSR count). The summed E-state index contributed by atoms with van der Waals surface area (Å²) in [5.74, 6) is 0.455. The molecule has 0 aliphatic carbocycles. The van der Waals surface area contributed by atoms with Crippen molar-refractivity contribution in [3.8, 4) is 10.8 Å². The molecule has 0 aromatic carbocycles. The van der Waals surface area contributed by atoms with Gasteiger partial charge >= 0.3 is 0 Å². The first-order valence-electron chi connectivity index (χ1n) is 6.27. The number of aromatic nitrogens is 1. The van der Waals surface area contributed by atoms with E-state index in [1.54, 1.807) is 33.2 Å². The van der Waals surface area contributed by atoms with Crippen molar-refractivity contribution in [1.29, 1.82) is 0 Å². The van der Waals surface area contributed by atoms with Crippen LogP contribution in [-0.2, 0) is 0 Å². The summed E-state index contributed by atoms with van der Waals surface area (Å²) in [5, 5.41) is 10.0. The summed E-state index contributed by atoms with van der Waals surface area (Å²) in [5.41, 5.74) is -0.219. The van der Waals surface area contributed by atoms with E-state index in [-0.39, 0.29) is 12.5 Å². The van der Waals surface area contributed by atoms with Crippen LogP contribution in [0.4, 0.5) is 0 Å². The first kappa shape index (κ1) is 14.7. The minimum atomic E-state index is -0.627. The summed E-state index contributed by atoms with van der Waals surface area (Å²) >= 11 is 1.42. The zero-order valence-electron chi connectivity index (χ0n) is 12.0. The van der Waals surface area contributed by atoms with Crippen molar-refractivity contribution in [3.63, 3.8) is 0 Å². The van der Waals surface area contributed by atoms with Gasteiger partial charge in [-0.15, -0.1) is 11.3 Å². The Balaban J connectivity index is 2.32. The molecule has 0 unspecified atom stereocenters. The Labute approximate surface area is 121 Å². The highest BCUT2D eigenvalue weighted by Gasteiger charge is 2.30. The molecule has 1 N–H and O–H groups in total. The van der Waals surface area contributed by atoms with Gasteiger partial charge in [0, 0.05) is 11.9 Å². The van der Waals surface area contributed by atoms with E-state index in [2.05, 4.69) is 4.98 Å². The van der Waals surface area contributed by atoms with Crippen molar-refractivity contribution in [2.24, 2.45) is 0 Å². The number of aryl methyl sites for hydroxylation is 1. The fourth-order valence-electron chi connectivity index (χ4n) is 1.64. The smallest absolute Gasteiger partial charge is 0.273 e. The molecule has 0 saturated carbocycles. The van der Waals surface area contributed by atoms with Crippen LogP contribution in [0.2, 0.25) is 0 Å². The Morgan fingerprint density at radius 3 is 2.80 bits per heavy atom. The third-order valence-electron chi connectivity index (χ3n) is 3.33. The normalized spacial score (nSPS) is 11.7. The topological polar surface area (TPSA) is 66.6 Å². The number of rotatable bonds is 4. The van der Waals surface area contributed by atoms with Crippen LogP contribution in [0.3, 0.4) is 0 Å². The third-order valence-corrected chi connectivity index (χ3v) is 4.32. The molecular weight excluding hydrogens is 276 g/mol. The minimum Gasteiger partial charge on any atom is -0.462 e. The number of hydrogen-bond acceptors (Lipinski definition) is 5. The average molecular weight is 294 g/mol. The summed E-state index contributed by atoms with van der Waals surface area (Å²) in [6.45, 7) is 5.36. The van der Waals surface area contributed by atoms with Crippen LogP contribution in [0.1, 0.15) is 29.2 Å². The summed E-state index contributed by atoms with van der Waals surface area (Å²) in [6.07, 6.45) is 1.58. The summed E-state index contributed by atoms with van der Waals surface area (Å²) in [7, 11) is 1.67. The predicted octanol–water partition coefficient (Wildman–Crippen LogP) is 2.55. The molecule has 0 saturated heterocycles. The number of aliphatic hydroxyl groups excluding tert-OH is 1. The average Bonchev–Trinajstić information content (AvgIpc) is 3.05. The van der Waals surface area contributed by atoms with Crippen molar-refractivity contribution >= 4 is 17.2 Å². The van der Waals surface area contributed by atoms with E-state index < -0.39 is 5.54 Å². The molecule has 2 heterocycles. The van der Waals surface area contributed by atoms with Gasteiger partial charge in [0.05, 0.1) is 18.4 Å². The van der Waals surface area contributed by atoms with Crippen molar-refractivity contribution in [3.05, 3.63) is 29.0 Å². The van der Waals surface area contributed by atoms with E-state index >= 15 is 0 Å². The summed E-state index contributed by atoms with van der Waals surface area (Å²) < 4.78 is 5.30. The lowest BCUT2D eigenvalue weighted by Gasteiger charge is -2.33. The van der Waals surface area contributed by atoms with Crippen LogP contribution in [0.5, 0.6) is 0 Å². The van der Waals surface area contributed by atoms with E-state index in [0.29, 0.717) is 16.5 Å². The van der Waals surface area contributed by atoms with Gasteiger partial charge < -0.3 is 14.4 Å². The first-order valence-corrected chi connectivity index (χ1v) is 7.09. The predicted molar refractivity (Wildman–Crippen MR) is 77.8 cm³/mol. The van der Waals surface area contributed by atoms with Crippen molar-refractivity contribution in [2.75, 3.05) is 13.7 Å². The largest absolute Gasteiger partial charge is 0.462 e. The second-order valence-corrected chi connectivity index (χ2v) is 6.44. The Morgan fingerprint density at radius 2 is 2.25 bits per heavy atom. The van der Waals surface area contributed by atoms with Gasteiger partial charge in [-0.3, -0.25) is 4.79 Å². The third kappa shape index (κ3) is 2.62. The molecule has 2 aromatic heterocycles. The molecule has 0 radical (unpaired) electrons. The molecule has 0 bridgehead atoms. The van der Waals surface area contributed by atoms with E-state index in [9.17, 15) is 9.90 Å². The standard InChI is InChI=1S/C14H18N2O3S/c1-9-11(13(18)16(4)14(2,3)8-17)15-12(20-9)10-6-5-7-19-10/h5-7,17H,8H2,1-4H3. The van der Waals surface area contributed by atoms with Gasteiger partial charge in [-0.2, -0.15) is 0 Å². The number of carbonyl (C=O) groups excluding carboxylic acids is 1. The molecule has 0 fully saturated rings. The number of hydrogen-bond donors (Lipinski definition) is 1. The van der Waals surface area contributed by atoms with Crippen LogP contribution in [-0.4, -0.2) is 40.1 Å². The van der Waals surface area contributed by atoms with Crippen molar-refractivity contribution in [2.45, 2.75) is 26.3 Å². The Morgan fingerprint density at radius 1 is 1.55 bits per heavy atom. The number of carbonyl (C=O) groups is 1. The molecule has 0 aliphatic heterocycles. The lowest BCUT2D eigenvalue weighted by atomic mass is 10.0. The fraction of sp³-hybridized carbons (Fsp3) is 0.429. The zero-order valence-corrected chi connectivity index (χ0v) is 12.8. The summed E-state index contributed by atoms with van der Waals surface area (Å²) in [6, 6.07) is 3.60. The minimum absolute atomic E-state index is 0.108. The van der Waals surface area contributed by atoms with Crippen LogP contribution >= 0.6 is 11.3 Å². The second-order valence-electron chi connectivity index (χ2n) is 5.24. The van der Waals surface area contributed by atoms with Crippen LogP contribution in [0, 0.1) is 6.92 Å². The first-order chi connectivity index (χ1) is 9.36.